The number of carbonyl (C=O) groups is 3. The zero-order chi connectivity index (χ0) is 26.3. The number of carboxylic acid groups (broad SMARTS) is 1. The molecule has 0 aliphatic carbocycles. The van der Waals surface area contributed by atoms with Gasteiger partial charge in [-0.25, -0.2) is 13.6 Å². The minimum absolute atomic E-state index is 0.158. The second-order valence-corrected chi connectivity index (χ2v) is 9.28. The van der Waals surface area contributed by atoms with E-state index in [1.807, 2.05) is 10.6 Å². The van der Waals surface area contributed by atoms with Crippen molar-refractivity contribution in [3.05, 3.63) is 79.6 Å². The Bertz CT molecular complexity index is 1600. The molecule has 36 heavy (non-hydrogen) atoms. The van der Waals surface area contributed by atoms with Crippen LogP contribution in [-0.2, 0) is 4.79 Å². The average Bonchev–Trinajstić information content (AvgIpc) is 2.79. The summed E-state index contributed by atoms with van der Waals surface area (Å²) in [6.45, 7) is 0. The van der Waals surface area contributed by atoms with Gasteiger partial charge in [-0.15, -0.1) is 0 Å². The van der Waals surface area contributed by atoms with Gasteiger partial charge >= 0.3 is 5.97 Å². The molecule has 5 N–H and O–H groups in total. The smallest absolute Gasteiger partial charge is 0.347 e. The Morgan fingerprint density at radius 1 is 0.750 bits per heavy atom. The standard InChI is InChI=1S/C22H12F2N2O8S2/c23-7-1-3-11-9(5-7)15(27)13(21(33)35-11)18(29)25-17(20(31)32)26-19(30)14-16(28)10-6-8(24)2-4-12(10)36-22(14)34/h1-6,17,33-34H,(H,25,29)(H,26,30)(H,31,32). The van der Waals surface area contributed by atoms with E-state index in [0.717, 1.165) is 24.3 Å². The SMILES string of the molecule is O=C(NC(NC(=O)c1c(O)sc2ccc(F)cc2c1=O)C(=O)O)c1c(O)sc2ccc(F)cc2c1=O. The van der Waals surface area contributed by atoms with Gasteiger partial charge in [-0.3, -0.25) is 19.2 Å². The number of aromatic hydroxyl groups is 2. The van der Waals surface area contributed by atoms with E-state index in [9.17, 15) is 48.1 Å². The lowest BCUT2D eigenvalue weighted by Gasteiger charge is -2.17. The number of halogens is 2. The first-order valence-corrected chi connectivity index (χ1v) is 11.4. The Morgan fingerprint density at radius 2 is 1.14 bits per heavy atom. The molecule has 0 atom stereocenters. The monoisotopic (exact) mass is 534 g/mol. The van der Waals surface area contributed by atoms with Crippen LogP contribution >= 0.6 is 22.7 Å². The zero-order valence-corrected chi connectivity index (χ0v) is 19.1. The van der Waals surface area contributed by atoms with Crippen molar-refractivity contribution in [1.82, 2.24) is 10.6 Å². The van der Waals surface area contributed by atoms with Crippen molar-refractivity contribution in [3.8, 4) is 10.1 Å². The summed E-state index contributed by atoms with van der Waals surface area (Å²) in [5.74, 6) is -6.24. The van der Waals surface area contributed by atoms with Crippen LogP contribution in [0.3, 0.4) is 0 Å². The van der Waals surface area contributed by atoms with Crippen LogP contribution in [0.4, 0.5) is 8.78 Å². The lowest BCUT2D eigenvalue weighted by Crippen LogP contribution is -2.53. The second-order valence-electron chi connectivity index (χ2n) is 7.22. The van der Waals surface area contributed by atoms with Crippen molar-refractivity contribution >= 4 is 60.6 Å². The third-order valence-corrected chi connectivity index (χ3v) is 6.87. The van der Waals surface area contributed by atoms with Gasteiger partial charge in [0.1, 0.15) is 22.8 Å². The minimum Gasteiger partial charge on any atom is -0.499 e. The third kappa shape index (κ3) is 4.46. The van der Waals surface area contributed by atoms with Crippen LogP contribution in [-0.4, -0.2) is 39.3 Å². The lowest BCUT2D eigenvalue weighted by molar-refractivity contribution is -0.139. The number of carboxylic acids is 1. The van der Waals surface area contributed by atoms with Crippen LogP contribution in [0.25, 0.3) is 20.2 Å². The highest BCUT2D eigenvalue weighted by molar-refractivity contribution is 7.20. The van der Waals surface area contributed by atoms with Crippen LogP contribution in [0.5, 0.6) is 10.1 Å². The molecule has 0 spiro atoms. The lowest BCUT2D eigenvalue weighted by atomic mass is 10.1. The fourth-order valence-corrected chi connectivity index (χ4v) is 5.06. The highest BCUT2D eigenvalue weighted by atomic mass is 32.1. The van der Waals surface area contributed by atoms with E-state index in [1.54, 1.807) is 0 Å². The number of carbonyl (C=O) groups excluding carboxylic acids is 2. The first-order valence-electron chi connectivity index (χ1n) is 9.73. The molecule has 2 amide bonds. The van der Waals surface area contributed by atoms with Gasteiger partial charge in [0.2, 0.25) is 17.0 Å². The highest BCUT2D eigenvalue weighted by Gasteiger charge is 2.29. The number of hydrogen-bond donors (Lipinski definition) is 5. The molecule has 2 heterocycles. The summed E-state index contributed by atoms with van der Waals surface area (Å²) in [7, 11) is 0. The van der Waals surface area contributed by atoms with Crippen LogP contribution in [0.1, 0.15) is 20.7 Å². The van der Waals surface area contributed by atoms with Gasteiger partial charge in [-0.2, -0.15) is 0 Å². The number of aliphatic carboxylic acids is 1. The quantitative estimate of drug-likeness (QED) is 0.242. The van der Waals surface area contributed by atoms with E-state index >= 15 is 0 Å². The molecule has 0 saturated carbocycles. The van der Waals surface area contributed by atoms with Crippen molar-refractivity contribution < 1.29 is 38.5 Å². The molecule has 2 aromatic carbocycles. The Morgan fingerprint density at radius 3 is 1.50 bits per heavy atom. The molecule has 184 valence electrons. The van der Waals surface area contributed by atoms with E-state index in [4.69, 9.17) is 0 Å². The Labute approximate surface area is 205 Å². The number of fused-ring (bicyclic) bond motifs is 2. The van der Waals surface area contributed by atoms with Gasteiger partial charge in [-0.1, -0.05) is 22.7 Å². The largest absolute Gasteiger partial charge is 0.499 e. The van der Waals surface area contributed by atoms with E-state index in [-0.39, 0.29) is 20.2 Å². The van der Waals surface area contributed by atoms with Gasteiger partial charge in [0.05, 0.1) is 0 Å². The zero-order valence-electron chi connectivity index (χ0n) is 17.5. The summed E-state index contributed by atoms with van der Waals surface area (Å²) in [6.07, 6.45) is -2.23. The molecule has 4 rings (SSSR count). The van der Waals surface area contributed by atoms with Crippen LogP contribution in [0, 0.1) is 11.6 Å². The molecule has 10 nitrogen and oxygen atoms in total. The number of benzene rings is 2. The molecule has 0 radical (unpaired) electrons. The van der Waals surface area contributed by atoms with E-state index < -0.39 is 67.7 Å². The first kappa shape index (κ1) is 24.7. The van der Waals surface area contributed by atoms with E-state index in [0.29, 0.717) is 22.7 Å². The number of amides is 2. The molecule has 0 unspecified atom stereocenters. The molecule has 0 fully saturated rings. The van der Waals surface area contributed by atoms with E-state index in [2.05, 4.69) is 0 Å². The summed E-state index contributed by atoms with van der Waals surface area (Å²) < 4.78 is 27.5. The highest BCUT2D eigenvalue weighted by Crippen LogP contribution is 2.29. The fourth-order valence-electron chi connectivity index (χ4n) is 3.28. The predicted molar refractivity (Wildman–Crippen MR) is 126 cm³/mol. The van der Waals surface area contributed by atoms with Crippen molar-refractivity contribution in [2.45, 2.75) is 6.17 Å². The summed E-state index contributed by atoms with van der Waals surface area (Å²) in [5, 5.41) is 31.4. The molecule has 4 aromatic rings. The molecular formula is C22H12F2N2O8S2. The fraction of sp³-hybridized carbons (Fsp3) is 0.0455. The normalized spacial score (nSPS) is 11.1. The van der Waals surface area contributed by atoms with Crippen LogP contribution < -0.4 is 21.5 Å². The molecule has 2 aromatic heterocycles. The Kier molecular flexibility index (Phi) is 6.39. The van der Waals surface area contributed by atoms with Gasteiger partial charge < -0.3 is 26.0 Å². The maximum atomic E-state index is 13.6. The third-order valence-electron chi connectivity index (χ3n) is 4.92. The van der Waals surface area contributed by atoms with Crippen molar-refractivity contribution in [3.63, 3.8) is 0 Å². The molecule has 0 aliphatic rings. The van der Waals surface area contributed by atoms with Crippen molar-refractivity contribution in [1.29, 1.82) is 0 Å². The maximum Gasteiger partial charge on any atom is 0.347 e. The Balaban J connectivity index is 1.67. The molecule has 0 bridgehead atoms. The summed E-state index contributed by atoms with van der Waals surface area (Å²) in [6, 6.07) is 6.17. The minimum atomic E-state index is -2.23. The summed E-state index contributed by atoms with van der Waals surface area (Å²) in [4.78, 5) is 62.3. The summed E-state index contributed by atoms with van der Waals surface area (Å²) >= 11 is 1.12. The van der Waals surface area contributed by atoms with Crippen molar-refractivity contribution in [2.24, 2.45) is 0 Å². The topological polar surface area (TPSA) is 170 Å². The molecular weight excluding hydrogens is 522 g/mol. The van der Waals surface area contributed by atoms with Gasteiger partial charge in [0.15, 0.2) is 10.1 Å². The summed E-state index contributed by atoms with van der Waals surface area (Å²) in [5.41, 5.74) is -3.97. The maximum absolute atomic E-state index is 13.6. The first-order chi connectivity index (χ1) is 17.0. The average molecular weight is 534 g/mol. The number of nitrogens with one attached hydrogen (secondary N) is 2. The van der Waals surface area contributed by atoms with Gasteiger partial charge in [0, 0.05) is 20.2 Å². The second kappa shape index (κ2) is 9.31. The van der Waals surface area contributed by atoms with E-state index in [1.165, 1.54) is 12.1 Å². The molecule has 0 saturated heterocycles. The van der Waals surface area contributed by atoms with Gasteiger partial charge in [-0.05, 0) is 36.4 Å². The number of hydrogen-bond acceptors (Lipinski definition) is 9. The van der Waals surface area contributed by atoms with Gasteiger partial charge in [0.25, 0.3) is 11.8 Å². The Hall–Kier alpha value is -4.43. The van der Waals surface area contributed by atoms with Crippen LogP contribution in [0.15, 0.2) is 46.0 Å². The molecule has 14 heteroatoms. The number of rotatable bonds is 5. The van der Waals surface area contributed by atoms with Crippen molar-refractivity contribution in [2.75, 3.05) is 0 Å². The predicted octanol–water partition coefficient (Wildman–Crippen LogP) is 2.10. The molecule has 0 aliphatic heterocycles. The van der Waals surface area contributed by atoms with Crippen LogP contribution in [0.2, 0.25) is 0 Å².